The fraction of sp³-hybridized carbons (Fsp3) is 0. The van der Waals surface area contributed by atoms with Crippen LogP contribution in [0.15, 0.2) is 46.0 Å². The number of nitro groups is 2. The molecule has 0 saturated carbocycles. The average Bonchev–Trinajstić information content (AvgIpc) is 2.56. The summed E-state index contributed by atoms with van der Waals surface area (Å²) in [6.07, 6.45) is 1.46. The van der Waals surface area contributed by atoms with Gasteiger partial charge in [0.05, 0.1) is 26.6 Å². The third-order valence-corrected chi connectivity index (χ3v) is 3.63. The SMILES string of the molecule is NC(=S)N/N=C\c1ccc(Oc2ccc([N+](=O)[O-])cc2[N+](=O)[O-])c(Br)c1. The minimum absolute atomic E-state index is 0.0192. The second kappa shape index (κ2) is 8.31. The summed E-state index contributed by atoms with van der Waals surface area (Å²) in [5.41, 5.74) is 7.40. The summed E-state index contributed by atoms with van der Waals surface area (Å²) in [4.78, 5) is 20.4. The Labute approximate surface area is 160 Å². The number of ether oxygens (including phenoxy) is 1. The molecule has 0 aliphatic carbocycles. The van der Waals surface area contributed by atoms with Gasteiger partial charge in [-0.2, -0.15) is 5.10 Å². The van der Waals surface area contributed by atoms with Crippen molar-refractivity contribution in [3.8, 4) is 11.5 Å². The first-order valence-electron chi connectivity index (χ1n) is 6.76. The van der Waals surface area contributed by atoms with E-state index in [0.29, 0.717) is 10.0 Å². The van der Waals surface area contributed by atoms with Crippen molar-refractivity contribution in [2.75, 3.05) is 0 Å². The van der Waals surface area contributed by atoms with Crippen molar-refractivity contribution in [2.24, 2.45) is 10.8 Å². The molecule has 12 heteroatoms. The molecule has 0 unspecified atom stereocenters. The third kappa shape index (κ3) is 4.94. The van der Waals surface area contributed by atoms with E-state index in [1.54, 1.807) is 18.2 Å². The lowest BCUT2D eigenvalue weighted by atomic mass is 10.2. The number of non-ortho nitro benzene ring substituents is 1. The van der Waals surface area contributed by atoms with Crippen molar-refractivity contribution < 1.29 is 14.6 Å². The highest BCUT2D eigenvalue weighted by Crippen LogP contribution is 2.37. The molecule has 2 aromatic rings. The van der Waals surface area contributed by atoms with Crippen LogP contribution in [-0.2, 0) is 0 Å². The molecule has 2 rings (SSSR count). The maximum Gasteiger partial charge on any atom is 0.318 e. The molecular formula is C14H10BrN5O5S. The van der Waals surface area contributed by atoms with Crippen LogP contribution < -0.4 is 15.9 Å². The van der Waals surface area contributed by atoms with E-state index < -0.39 is 21.2 Å². The van der Waals surface area contributed by atoms with Gasteiger partial charge in [0, 0.05) is 6.07 Å². The second-order valence-electron chi connectivity index (χ2n) is 4.69. The van der Waals surface area contributed by atoms with Gasteiger partial charge < -0.3 is 10.5 Å². The molecule has 0 aliphatic heterocycles. The van der Waals surface area contributed by atoms with Gasteiger partial charge >= 0.3 is 5.69 Å². The van der Waals surface area contributed by atoms with E-state index >= 15 is 0 Å². The minimum Gasteiger partial charge on any atom is -0.449 e. The Hall–Kier alpha value is -3.12. The summed E-state index contributed by atoms with van der Waals surface area (Å²) in [6, 6.07) is 7.98. The van der Waals surface area contributed by atoms with Gasteiger partial charge in [-0.25, -0.2) is 0 Å². The van der Waals surface area contributed by atoms with Gasteiger partial charge in [-0.1, -0.05) is 0 Å². The van der Waals surface area contributed by atoms with Crippen molar-refractivity contribution in [3.63, 3.8) is 0 Å². The van der Waals surface area contributed by atoms with Gasteiger partial charge in [0.1, 0.15) is 5.75 Å². The molecular weight excluding hydrogens is 430 g/mol. The van der Waals surface area contributed by atoms with Crippen LogP contribution in [0.1, 0.15) is 5.56 Å². The van der Waals surface area contributed by atoms with Crippen molar-refractivity contribution in [1.82, 2.24) is 5.43 Å². The number of benzene rings is 2. The molecule has 0 radical (unpaired) electrons. The number of rotatable bonds is 6. The molecule has 0 atom stereocenters. The maximum atomic E-state index is 11.1. The van der Waals surface area contributed by atoms with Crippen LogP contribution in [0.4, 0.5) is 11.4 Å². The fourth-order valence-electron chi connectivity index (χ4n) is 1.82. The van der Waals surface area contributed by atoms with Crippen LogP contribution in [0.2, 0.25) is 0 Å². The summed E-state index contributed by atoms with van der Waals surface area (Å²) in [7, 11) is 0. The number of hydrogen-bond donors (Lipinski definition) is 2. The molecule has 2 aromatic carbocycles. The van der Waals surface area contributed by atoms with Crippen LogP contribution in [0.3, 0.4) is 0 Å². The van der Waals surface area contributed by atoms with Gasteiger partial charge in [-0.15, -0.1) is 0 Å². The molecule has 0 spiro atoms. The zero-order chi connectivity index (χ0) is 19.3. The Kier molecular flexibility index (Phi) is 6.14. The van der Waals surface area contributed by atoms with Crippen LogP contribution in [0.25, 0.3) is 0 Å². The highest BCUT2D eigenvalue weighted by molar-refractivity contribution is 9.10. The van der Waals surface area contributed by atoms with Gasteiger partial charge in [0.15, 0.2) is 5.11 Å². The lowest BCUT2D eigenvalue weighted by Crippen LogP contribution is -2.23. The highest BCUT2D eigenvalue weighted by atomic mass is 79.9. The number of nitrogens with one attached hydrogen (secondary N) is 1. The van der Waals surface area contributed by atoms with Crippen LogP contribution in [0.5, 0.6) is 11.5 Å². The van der Waals surface area contributed by atoms with Crippen molar-refractivity contribution >= 4 is 50.8 Å². The number of halogens is 1. The molecule has 0 amide bonds. The predicted molar refractivity (Wildman–Crippen MR) is 101 cm³/mol. The minimum atomic E-state index is -0.751. The number of hydrogen-bond acceptors (Lipinski definition) is 7. The van der Waals surface area contributed by atoms with Gasteiger partial charge in [0.2, 0.25) is 5.75 Å². The molecule has 134 valence electrons. The topological polar surface area (TPSA) is 146 Å². The Balaban J connectivity index is 2.28. The van der Waals surface area contributed by atoms with E-state index in [-0.39, 0.29) is 16.6 Å². The summed E-state index contributed by atoms with van der Waals surface area (Å²) in [6.45, 7) is 0. The number of nitrogens with zero attached hydrogens (tertiary/aromatic N) is 3. The summed E-state index contributed by atoms with van der Waals surface area (Å²) < 4.78 is 6.01. The van der Waals surface area contributed by atoms with Crippen molar-refractivity contribution in [1.29, 1.82) is 0 Å². The first-order valence-corrected chi connectivity index (χ1v) is 7.97. The van der Waals surface area contributed by atoms with E-state index in [9.17, 15) is 20.2 Å². The first-order chi connectivity index (χ1) is 12.3. The molecule has 0 bridgehead atoms. The standard InChI is InChI=1S/C14H10BrN5O5S/c15-10-5-8(7-17-18-14(16)26)1-3-12(10)25-13-4-2-9(19(21)22)6-11(13)20(23)24/h1-7H,(H3,16,18,26)/b17-7-. The molecule has 0 heterocycles. The number of nitrogens with two attached hydrogens (primary N) is 1. The Morgan fingerprint density at radius 3 is 2.46 bits per heavy atom. The maximum absolute atomic E-state index is 11.1. The van der Waals surface area contributed by atoms with Crippen molar-refractivity contribution in [2.45, 2.75) is 0 Å². The molecule has 3 N–H and O–H groups in total. The fourth-order valence-corrected chi connectivity index (χ4v) is 2.35. The Morgan fingerprint density at radius 2 is 1.88 bits per heavy atom. The van der Waals surface area contributed by atoms with Crippen LogP contribution >= 0.6 is 28.1 Å². The summed E-state index contributed by atoms with van der Waals surface area (Å²) >= 11 is 7.90. The van der Waals surface area contributed by atoms with Gasteiger partial charge in [-0.05, 0) is 58.0 Å². The van der Waals surface area contributed by atoms with E-state index in [1.165, 1.54) is 12.3 Å². The average molecular weight is 440 g/mol. The normalized spacial score (nSPS) is 10.5. The van der Waals surface area contributed by atoms with E-state index in [1.807, 2.05) is 0 Å². The lowest BCUT2D eigenvalue weighted by molar-refractivity contribution is -0.394. The Bertz CT molecular complexity index is 921. The molecule has 0 aliphatic rings. The molecule has 10 nitrogen and oxygen atoms in total. The van der Waals surface area contributed by atoms with Gasteiger partial charge in [-0.3, -0.25) is 25.7 Å². The third-order valence-electron chi connectivity index (χ3n) is 2.91. The zero-order valence-corrected chi connectivity index (χ0v) is 15.2. The van der Waals surface area contributed by atoms with Gasteiger partial charge in [0.25, 0.3) is 5.69 Å². The number of nitro benzene ring substituents is 2. The molecule has 0 fully saturated rings. The zero-order valence-electron chi connectivity index (χ0n) is 12.8. The molecule has 26 heavy (non-hydrogen) atoms. The quantitative estimate of drug-likeness (QED) is 0.301. The predicted octanol–water partition coefficient (Wildman–Crippen LogP) is 3.22. The van der Waals surface area contributed by atoms with Crippen molar-refractivity contribution in [3.05, 3.63) is 66.7 Å². The van der Waals surface area contributed by atoms with E-state index in [4.69, 9.17) is 10.5 Å². The lowest BCUT2D eigenvalue weighted by Gasteiger charge is -2.08. The second-order valence-corrected chi connectivity index (χ2v) is 5.99. The number of thiocarbonyl (C=S) groups is 1. The van der Waals surface area contributed by atoms with E-state index in [2.05, 4.69) is 38.7 Å². The smallest absolute Gasteiger partial charge is 0.318 e. The van der Waals surface area contributed by atoms with E-state index in [0.717, 1.165) is 12.1 Å². The summed E-state index contributed by atoms with van der Waals surface area (Å²) in [5, 5.41) is 25.7. The number of hydrazone groups is 1. The largest absolute Gasteiger partial charge is 0.449 e. The summed E-state index contributed by atoms with van der Waals surface area (Å²) in [5.74, 6) is 0.152. The van der Waals surface area contributed by atoms with Crippen LogP contribution in [0, 0.1) is 20.2 Å². The monoisotopic (exact) mass is 439 g/mol. The Morgan fingerprint density at radius 1 is 1.19 bits per heavy atom. The van der Waals surface area contributed by atoms with Crippen LogP contribution in [-0.4, -0.2) is 21.2 Å². The first kappa shape index (κ1) is 19.2. The highest BCUT2D eigenvalue weighted by Gasteiger charge is 2.21. The molecule has 0 aromatic heterocycles. The molecule has 0 saturated heterocycles.